The number of thiophene rings is 1. The maximum absolute atomic E-state index is 12.9. The van der Waals surface area contributed by atoms with Crippen LogP contribution >= 0.6 is 11.3 Å². The minimum absolute atomic E-state index is 0.0199. The Kier molecular flexibility index (Phi) is 7.55. The molecule has 5 nitrogen and oxygen atoms in total. The van der Waals surface area contributed by atoms with E-state index in [0.717, 1.165) is 48.8 Å². The highest BCUT2D eigenvalue weighted by atomic mass is 32.1. The fraction of sp³-hybridized carbons (Fsp3) is 0.385. The second-order valence-electron chi connectivity index (χ2n) is 8.63. The Morgan fingerprint density at radius 2 is 2.03 bits per heavy atom. The molecule has 168 valence electrons. The summed E-state index contributed by atoms with van der Waals surface area (Å²) in [6.07, 6.45) is 4.17. The SMILES string of the molecule is CC(C)Oc1ccc(CN2CCC[C@H]([C@@H](NC(=O)c3cccs3)c3ccccn3)C2)cc1. The van der Waals surface area contributed by atoms with Crippen molar-refractivity contribution in [1.29, 1.82) is 0 Å². The molecule has 1 aromatic carbocycles. The number of rotatable bonds is 8. The zero-order valence-electron chi connectivity index (χ0n) is 18.7. The van der Waals surface area contributed by atoms with Gasteiger partial charge in [0.2, 0.25) is 0 Å². The van der Waals surface area contributed by atoms with Crippen molar-refractivity contribution < 1.29 is 9.53 Å². The predicted octanol–water partition coefficient (Wildman–Crippen LogP) is 5.31. The normalized spacial score (nSPS) is 17.8. The molecule has 1 aliphatic heterocycles. The summed E-state index contributed by atoms with van der Waals surface area (Å²) in [5, 5.41) is 5.22. The van der Waals surface area contributed by atoms with Crippen molar-refractivity contribution in [2.45, 2.75) is 45.4 Å². The van der Waals surface area contributed by atoms with Gasteiger partial charge < -0.3 is 10.1 Å². The molecule has 1 N–H and O–H groups in total. The minimum atomic E-state index is -0.101. The molecule has 2 aromatic heterocycles. The monoisotopic (exact) mass is 449 g/mol. The number of nitrogens with zero attached hydrogens (tertiary/aromatic N) is 2. The lowest BCUT2D eigenvalue weighted by molar-refractivity contribution is 0.0879. The van der Waals surface area contributed by atoms with E-state index in [4.69, 9.17) is 4.74 Å². The Bertz CT molecular complexity index is 974. The molecule has 1 amide bonds. The number of hydrogen-bond donors (Lipinski definition) is 1. The highest BCUT2D eigenvalue weighted by Gasteiger charge is 2.30. The number of nitrogens with one attached hydrogen (secondary N) is 1. The third kappa shape index (κ3) is 5.96. The third-order valence-electron chi connectivity index (χ3n) is 5.75. The Hall–Kier alpha value is -2.70. The van der Waals surface area contributed by atoms with Gasteiger partial charge in [0, 0.05) is 19.3 Å². The number of piperidine rings is 1. The van der Waals surface area contributed by atoms with E-state index in [1.807, 2.05) is 49.6 Å². The van der Waals surface area contributed by atoms with Gasteiger partial charge in [0.15, 0.2) is 0 Å². The standard InChI is InChI=1S/C26H31N3O2S/c1-19(2)31-22-12-10-20(11-13-22)17-29-15-5-7-21(18-29)25(23-8-3-4-14-27-23)28-26(30)24-9-6-16-32-24/h3-4,6,8-14,16,19,21,25H,5,7,15,17-18H2,1-2H3,(H,28,30)/t21-,25+/m0/s1. The Labute approximate surface area is 194 Å². The van der Waals surface area contributed by atoms with Gasteiger partial charge in [-0.15, -0.1) is 11.3 Å². The molecule has 3 heterocycles. The number of likely N-dealkylation sites (tertiary alicyclic amines) is 1. The van der Waals surface area contributed by atoms with E-state index < -0.39 is 0 Å². The molecule has 0 spiro atoms. The smallest absolute Gasteiger partial charge is 0.261 e. The minimum Gasteiger partial charge on any atom is -0.491 e. The van der Waals surface area contributed by atoms with Crippen molar-refractivity contribution in [3.63, 3.8) is 0 Å². The number of benzene rings is 1. The largest absolute Gasteiger partial charge is 0.491 e. The molecule has 32 heavy (non-hydrogen) atoms. The van der Waals surface area contributed by atoms with E-state index >= 15 is 0 Å². The Morgan fingerprint density at radius 3 is 2.72 bits per heavy atom. The van der Waals surface area contributed by atoms with Crippen LogP contribution in [0.1, 0.15) is 53.7 Å². The number of ether oxygens (including phenoxy) is 1. The molecule has 0 unspecified atom stereocenters. The second kappa shape index (κ2) is 10.7. The molecule has 6 heteroatoms. The van der Waals surface area contributed by atoms with Crippen molar-refractivity contribution in [3.05, 3.63) is 82.3 Å². The first-order chi connectivity index (χ1) is 15.6. The summed E-state index contributed by atoms with van der Waals surface area (Å²) in [7, 11) is 0. The van der Waals surface area contributed by atoms with E-state index in [0.29, 0.717) is 5.92 Å². The van der Waals surface area contributed by atoms with Crippen LogP contribution in [0.2, 0.25) is 0 Å². The van der Waals surface area contributed by atoms with Gasteiger partial charge in [0.05, 0.1) is 22.7 Å². The predicted molar refractivity (Wildman–Crippen MR) is 129 cm³/mol. The van der Waals surface area contributed by atoms with Crippen LogP contribution in [0.4, 0.5) is 0 Å². The van der Waals surface area contributed by atoms with Crippen LogP contribution in [0.3, 0.4) is 0 Å². The van der Waals surface area contributed by atoms with Gasteiger partial charge in [-0.1, -0.05) is 24.3 Å². The van der Waals surface area contributed by atoms with Crippen molar-refractivity contribution in [2.75, 3.05) is 13.1 Å². The van der Waals surface area contributed by atoms with Crippen LogP contribution in [0.15, 0.2) is 66.2 Å². The van der Waals surface area contributed by atoms with E-state index in [9.17, 15) is 4.79 Å². The van der Waals surface area contributed by atoms with Crippen LogP contribution in [0.25, 0.3) is 0 Å². The highest BCUT2D eigenvalue weighted by Crippen LogP contribution is 2.30. The van der Waals surface area contributed by atoms with Crippen LogP contribution < -0.4 is 10.1 Å². The molecule has 0 bridgehead atoms. The first-order valence-electron chi connectivity index (χ1n) is 11.3. The fourth-order valence-electron chi connectivity index (χ4n) is 4.32. The van der Waals surface area contributed by atoms with Crippen molar-refractivity contribution in [2.24, 2.45) is 5.92 Å². The first kappa shape index (κ1) is 22.5. The van der Waals surface area contributed by atoms with Crippen molar-refractivity contribution >= 4 is 17.2 Å². The average Bonchev–Trinajstić information content (AvgIpc) is 3.34. The van der Waals surface area contributed by atoms with E-state index in [-0.39, 0.29) is 18.1 Å². The molecule has 1 saturated heterocycles. The van der Waals surface area contributed by atoms with Gasteiger partial charge in [0.1, 0.15) is 5.75 Å². The summed E-state index contributed by atoms with van der Waals surface area (Å²) >= 11 is 1.47. The van der Waals surface area contributed by atoms with Crippen molar-refractivity contribution in [1.82, 2.24) is 15.2 Å². The molecule has 0 radical (unpaired) electrons. The maximum atomic E-state index is 12.9. The van der Waals surface area contributed by atoms with Crippen LogP contribution in [0.5, 0.6) is 5.75 Å². The number of pyridine rings is 1. The number of amides is 1. The quantitative estimate of drug-likeness (QED) is 0.506. The molecule has 4 rings (SSSR count). The van der Waals surface area contributed by atoms with Gasteiger partial charge >= 0.3 is 0 Å². The lowest BCUT2D eigenvalue weighted by Crippen LogP contribution is -2.42. The zero-order valence-corrected chi connectivity index (χ0v) is 19.6. The Morgan fingerprint density at radius 1 is 1.19 bits per heavy atom. The van der Waals surface area contributed by atoms with Crippen LogP contribution in [0, 0.1) is 5.92 Å². The first-order valence-corrected chi connectivity index (χ1v) is 12.2. The van der Waals surface area contributed by atoms with E-state index in [2.05, 4.69) is 39.5 Å². The van der Waals surface area contributed by atoms with Gasteiger partial charge in [-0.25, -0.2) is 0 Å². The second-order valence-corrected chi connectivity index (χ2v) is 9.58. The van der Waals surface area contributed by atoms with E-state index in [1.54, 1.807) is 6.20 Å². The summed E-state index contributed by atoms with van der Waals surface area (Å²) < 4.78 is 5.76. The number of hydrogen-bond acceptors (Lipinski definition) is 5. The number of aromatic nitrogens is 1. The molecule has 2 atom stereocenters. The molecule has 0 aliphatic carbocycles. The third-order valence-corrected chi connectivity index (χ3v) is 6.62. The fourth-order valence-corrected chi connectivity index (χ4v) is 4.95. The molecule has 1 fully saturated rings. The van der Waals surface area contributed by atoms with Crippen LogP contribution in [-0.4, -0.2) is 35.0 Å². The summed E-state index contributed by atoms with van der Waals surface area (Å²) in [5.41, 5.74) is 2.21. The van der Waals surface area contributed by atoms with Crippen LogP contribution in [-0.2, 0) is 6.54 Å². The lowest BCUT2D eigenvalue weighted by Gasteiger charge is -2.37. The highest BCUT2D eigenvalue weighted by molar-refractivity contribution is 7.12. The van der Waals surface area contributed by atoms with Gasteiger partial charge in [-0.3, -0.25) is 14.7 Å². The molecule has 1 aliphatic rings. The molecule has 3 aromatic rings. The Balaban J connectivity index is 1.45. The van der Waals surface area contributed by atoms with Gasteiger partial charge in [-0.2, -0.15) is 0 Å². The summed E-state index contributed by atoms with van der Waals surface area (Å²) in [6, 6.07) is 18.0. The number of carbonyl (C=O) groups excluding carboxylic acids is 1. The molecule has 0 saturated carbocycles. The summed E-state index contributed by atoms with van der Waals surface area (Å²) in [4.78, 5) is 20.7. The van der Waals surface area contributed by atoms with Crippen molar-refractivity contribution in [3.8, 4) is 5.75 Å². The van der Waals surface area contributed by atoms with Gasteiger partial charge in [-0.05, 0) is 80.4 Å². The molecular weight excluding hydrogens is 418 g/mol. The summed E-state index contributed by atoms with van der Waals surface area (Å²) in [5.74, 6) is 1.20. The number of carbonyl (C=O) groups is 1. The zero-order chi connectivity index (χ0) is 22.3. The molecular formula is C26H31N3O2S. The summed E-state index contributed by atoms with van der Waals surface area (Å²) in [6.45, 7) is 6.96. The maximum Gasteiger partial charge on any atom is 0.261 e. The lowest BCUT2D eigenvalue weighted by atomic mass is 9.88. The van der Waals surface area contributed by atoms with E-state index in [1.165, 1.54) is 16.9 Å². The average molecular weight is 450 g/mol. The van der Waals surface area contributed by atoms with Gasteiger partial charge in [0.25, 0.3) is 5.91 Å². The topological polar surface area (TPSA) is 54.5 Å².